The molecule has 0 aliphatic heterocycles. The van der Waals surface area contributed by atoms with E-state index in [1.807, 2.05) is 54.6 Å². The number of hydrogen-bond donors (Lipinski definition) is 0. The van der Waals surface area contributed by atoms with E-state index in [0.29, 0.717) is 11.5 Å². The lowest BCUT2D eigenvalue weighted by molar-refractivity contribution is 0.452. The van der Waals surface area contributed by atoms with Crippen LogP contribution in [-0.4, -0.2) is 0 Å². The van der Waals surface area contributed by atoms with Crippen molar-refractivity contribution < 1.29 is 9.47 Å². The molecule has 26 heavy (non-hydrogen) atoms. The Morgan fingerprint density at radius 1 is 0.692 bits per heavy atom. The Morgan fingerprint density at radius 2 is 1.27 bits per heavy atom. The summed E-state index contributed by atoms with van der Waals surface area (Å²) in [5, 5.41) is 0. The van der Waals surface area contributed by atoms with Crippen molar-refractivity contribution >= 4 is 31.9 Å². The molecule has 3 aromatic carbocycles. The number of hydrogen-bond acceptors (Lipinski definition) is 2. The predicted molar refractivity (Wildman–Crippen MR) is 114 cm³/mol. The fourth-order valence-corrected chi connectivity index (χ4v) is 3.26. The molecular weight excluding hydrogens is 456 g/mol. The zero-order valence-corrected chi connectivity index (χ0v) is 18.1. The average molecular weight is 476 g/mol. The van der Waals surface area contributed by atoms with E-state index in [1.54, 1.807) is 0 Å². The molecule has 2 nitrogen and oxygen atoms in total. The van der Waals surface area contributed by atoms with Gasteiger partial charge in [0.1, 0.15) is 27.5 Å². The van der Waals surface area contributed by atoms with E-state index in [1.165, 1.54) is 5.56 Å². The van der Waals surface area contributed by atoms with Crippen molar-refractivity contribution in [3.63, 3.8) is 0 Å². The Balaban J connectivity index is 1.91. The Morgan fingerprint density at radius 3 is 1.88 bits per heavy atom. The highest BCUT2D eigenvalue weighted by molar-refractivity contribution is 9.11. The largest absolute Gasteiger partial charge is 0.456 e. The molecule has 0 fully saturated rings. The van der Waals surface area contributed by atoms with Gasteiger partial charge in [-0.3, -0.25) is 0 Å². The Hall–Kier alpha value is -1.78. The van der Waals surface area contributed by atoms with Crippen molar-refractivity contribution in [2.24, 2.45) is 0 Å². The van der Waals surface area contributed by atoms with Gasteiger partial charge in [0, 0.05) is 4.47 Å². The van der Waals surface area contributed by atoms with Gasteiger partial charge in [-0.15, -0.1) is 0 Å². The molecule has 0 amide bonds. The van der Waals surface area contributed by atoms with Gasteiger partial charge >= 0.3 is 0 Å². The van der Waals surface area contributed by atoms with Crippen molar-refractivity contribution in [2.45, 2.75) is 26.2 Å². The van der Waals surface area contributed by atoms with Gasteiger partial charge in [-0.2, -0.15) is 0 Å². The van der Waals surface area contributed by atoms with Crippen LogP contribution in [0.15, 0.2) is 75.7 Å². The lowest BCUT2D eigenvalue weighted by atomic mass is 9.87. The molecule has 0 N–H and O–H groups in total. The van der Waals surface area contributed by atoms with E-state index in [9.17, 15) is 0 Å². The van der Waals surface area contributed by atoms with Gasteiger partial charge in [-0.25, -0.2) is 0 Å². The summed E-state index contributed by atoms with van der Waals surface area (Å²) in [5.74, 6) is 2.94. The molecule has 0 aliphatic rings. The highest BCUT2D eigenvalue weighted by Crippen LogP contribution is 2.42. The van der Waals surface area contributed by atoms with Crippen molar-refractivity contribution in [3.8, 4) is 23.0 Å². The van der Waals surface area contributed by atoms with Crippen LogP contribution in [0.3, 0.4) is 0 Å². The van der Waals surface area contributed by atoms with E-state index in [2.05, 4.69) is 64.8 Å². The predicted octanol–water partition coefficient (Wildman–Crippen LogP) is 8.09. The van der Waals surface area contributed by atoms with Crippen molar-refractivity contribution in [3.05, 3.63) is 81.2 Å². The summed E-state index contributed by atoms with van der Waals surface area (Å²) in [7, 11) is 0. The third-order valence-electron chi connectivity index (χ3n) is 3.87. The molecule has 0 radical (unpaired) electrons. The molecule has 0 aromatic heterocycles. The summed E-state index contributed by atoms with van der Waals surface area (Å²) in [4.78, 5) is 0. The topological polar surface area (TPSA) is 18.5 Å². The first-order valence-electron chi connectivity index (χ1n) is 8.33. The summed E-state index contributed by atoms with van der Waals surface area (Å²) in [5.41, 5.74) is 1.29. The minimum atomic E-state index is 0.0649. The van der Waals surface area contributed by atoms with Crippen LogP contribution in [0.5, 0.6) is 23.0 Å². The average Bonchev–Trinajstić information content (AvgIpc) is 2.59. The molecule has 134 valence electrons. The maximum Gasteiger partial charge on any atom is 0.146 e. The van der Waals surface area contributed by atoms with Crippen LogP contribution in [0.1, 0.15) is 26.3 Å². The Kier molecular flexibility index (Phi) is 5.73. The lowest BCUT2D eigenvalue weighted by Gasteiger charge is -2.20. The standard InChI is InChI=1S/C22H20Br2O2/c1-22(2,3)15-8-7-11-18(12-15)26-20-14-16(23)13-19(21(20)24)25-17-9-5-4-6-10-17/h4-14H,1-3H3. The summed E-state index contributed by atoms with van der Waals surface area (Å²) in [6.45, 7) is 6.56. The maximum atomic E-state index is 6.15. The molecule has 3 aromatic rings. The molecule has 0 saturated carbocycles. The second-order valence-corrected chi connectivity index (χ2v) is 8.72. The van der Waals surface area contributed by atoms with Gasteiger partial charge in [0.05, 0.1) is 0 Å². The van der Waals surface area contributed by atoms with Gasteiger partial charge in [0.15, 0.2) is 0 Å². The molecule has 0 atom stereocenters. The van der Waals surface area contributed by atoms with Crippen LogP contribution in [0.25, 0.3) is 0 Å². The van der Waals surface area contributed by atoms with Gasteiger partial charge in [0.2, 0.25) is 0 Å². The van der Waals surface area contributed by atoms with Crippen LogP contribution in [0, 0.1) is 0 Å². The quantitative estimate of drug-likeness (QED) is 0.379. The maximum absolute atomic E-state index is 6.15. The molecule has 0 aliphatic carbocycles. The van der Waals surface area contributed by atoms with Crippen molar-refractivity contribution in [1.82, 2.24) is 0 Å². The number of rotatable bonds is 4. The highest BCUT2D eigenvalue weighted by atomic mass is 79.9. The minimum absolute atomic E-state index is 0.0649. The van der Waals surface area contributed by atoms with E-state index in [0.717, 1.165) is 20.4 Å². The van der Waals surface area contributed by atoms with Crippen LogP contribution in [0.2, 0.25) is 0 Å². The molecule has 0 unspecified atom stereocenters. The van der Waals surface area contributed by atoms with Crippen LogP contribution < -0.4 is 9.47 Å². The third-order valence-corrected chi connectivity index (χ3v) is 5.11. The molecular formula is C22H20Br2O2. The second-order valence-electron chi connectivity index (χ2n) is 7.01. The third kappa shape index (κ3) is 4.68. The lowest BCUT2D eigenvalue weighted by Crippen LogP contribution is -2.10. The van der Waals surface area contributed by atoms with Crippen molar-refractivity contribution in [2.75, 3.05) is 0 Å². The fraction of sp³-hybridized carbons (Fsp3) is 0.182. The zero-order valence-electron chi connectivity index (χ0n) is 14.9. The first kappa shape index (κ1) is 19.0. The van der Waals surface area contributed by atoms with Gasteiger partial charge in [-0.1, -0.05) is 67.0 Å². The summed E-state index contributed by atoms with van der Waals surface area (Å²) >= 11 is 7.16. The summed E-state index contributed by atoms with van der Waals surface area (Å²) in [6, 6.07) is 21.7. The molecule has 0 saturated heterocycles. The normalized spacial score (nSPS) is 11.3. The smallest absolute Gasteiger partial charge is 0.146 e. The van der Waals surface area contributed by atoms with Crippen molar-refractivity contribution in [1.29, 1.82) is 0 Å². The number of benzene rings is 3. The van der Waals surface area contributed by atoms with Gasteiger partial charge in [0.25, 0.3) is 0 Å². The number of halogens is 2. The Labute approximate surface area is 171 Å². The molecule has 3 rings (SSSR count). The Bertz CT molecular complexity index is 900. The number of ether oxygens (including phenoxy) is 2. The first-order valence-corrected chi connectivity index (χ1v) is 9.92. The molecule has 4 heteroatoms. The minimum Gasteiger partial charge on any atom is -0.456 e. The SMILES string of the molecule is CC(C)(C)c1cccc(Oc2cc(Br)cc(Oc3ccccc3)c2Br)c1. The summed E-state index contributed by atoms with van der Waals surface area (Å²) < 4.78 is 13.8. The number of para-hydroxylation sites is 1. The fourth-order valence-electron chi connectivity index (χ4n) is 2.46. The first-order chi connectivity index (χ1) is 12.3. The van der Waals surface area contributed by atoms with E-state index >= 15 is 0 Å². The van der Waals surface area contributed by atoms with Gasteiger partial charge < -0.3 is 9.47 Å². The van der Waals surface area contributed by atoms with Crippen LogP contribution in [0.4, 0.5) is 0 Å². The molecule has 0 spiro atoms. The zero-order chi connectivity index (χ0) is 18.7. The highest BCUT2D eigenvalue weighted by Gasteiger charge is 2.16. The summed E-state index contributed by atoms with van der Waals surface area (Å²) in [6.07, 6.45) is 0. The van der Waals surface area contributed by atoms with E-state index in [4.69, 9.17) is 9.47 Å². The van der Waals surface area contributed by atoms with Crippen LogP contribution >= 0.6 is 31.9 Å². The van der Waals surface area contributed by atoms with E-state index < -0.39 is 0 Å². The second kappa shape index (κ2) is 7.85. The molecule has 0 heterocycles. The van der Waals surface area contributed by atoms with Crippen LogP contribution in [-0.2, 0) is 5.41 Å². The van der Waals surface area contributed by atoms with E-state index in [-0.39, 0.29) is 5.41 Å². The molecule has 0 bridgehead atoms. The van der Waals surface area contributed by atoms with Gasteiger partial charge in [-0.05, 0) is 63.3 Å². The monoisotopic (exact) mass is 474 g/mol.